The molecular formula is C29H37N3O2. The van der Waals surface area contributed by atoms with E-state index in [1.54, 1.807) is 12.1 Å². The van der Waals surface area contributed by atoms with Gasteiger partial charge in [0.15, 0.2) is 0 Å². The van der Waals surface area contributed by atoms with Crippen LogP contribution in [0.15, 0.2) is 60.4 Å². The van der Waals surface area contributed by atoms with Gasteiger partial charge in [-0.25, -0.2) is 0 Å². The van der Waals surface area contributed by atoms with Crippen LogP contribution < -0.4 is 5.32 Å². The Morgan fingerprint density at radius 1 is 0.971 bits per heavy atom. The second-order valence-electron chi connectivity index (χ2n) is 9.76. The summed E-state index contributed by atoms with van der Waals surface area (Å²) in [4.78, 5) is 28.8. The molecule has 3 rings (SSSR count). The van der Waals surface area contributed by atoms with Gasteiger partial charge in [-0.2, -0.15) is 0 Å². The summed E-state index contributed by atoms with van der Waals surface area (Å²) in [5.41, 5.74) is 3.93. The zero-order chi connectivity index (χ0) is 24.8. The maximum absolute atomic E-state index is 13.8. The van der Waals surface area contributed by atoms with E-state index in [0.717, 1.165) is 28.6 Å². The molecule has 0 saturated heterocycles. The predicted octanol–water partition coefficient (Wildman–Crippen LogP) is 5.88. The highest BCUT2D eigenvalue weighted by molar-refractivity contribution is 6.06. The minimum Gasteiger partial charge on any atom is -0.347 e. The smallest absolute Gasteiger partial charge is 0.270 e. The van der Waals surface area contributed by atoms with Gasteiger partial charge in [0.05, 0.1) is 0 Å². The molecule has 5 heteroatoms. The quantitative estimate of drug-likeness (QED) is 0.406. The fourth-order valence-corrected chi connectivity index (χ4v) is 4.15. The third-order valence-electron chi connectivity index (χ3n) is 5.71. The molecule has 34 heavy (non-hydrogen) atoms. The van der Waals surface area contributed by atoms with Crippen molar-refractivity contribution in [3.63, 3.8) is 0 Å². The maximum atomic E-state index is 13.8. The summed E-state index contributed by atoms with van der Waals surface area (Å²) in [5, 5.41) is 4.00. The first-order valence-corrected chi connectivity index (χ1v) is 12.2. The number of aromatic nitrogens is 1. The molecule has 0 aliphatic rings. The molecule has 0 aliphatic heterocycles. The van der Waals surface area contributed by atoms with Crippen LogP contribution in [0.25, 0.3) is 17.0 Å². The lowest BCUT2D eigenvalue weighted by atomic mass is 10.1. The van der Waals surface area contributed by atoms with Gasteiger partial charge in [-0.15, -0.1) is 0 Å². The lowest BCUT2D eigenvalue weighted by Crippen LogP contribution is -2.42. The lowest BCUT2D eigenvalue weighted by molar-refractivity contribution is -0.128. The van der Waals surface area contributed by atoms with Crippen molar-refractivity contribution in [3.05, 3.63) is 77.1 Å². The number of rotatable bonds is 9. The zero-order valence-electron chi connectivity index (χ0n) is 21.3. The maximum Gasteiger partial charge on any atom is 0.270 e. The lowest BCUT2D eigenvalue weighted by Gasteiger charge is -2.27. The molecular weight excluding hydrogens is 422 g/mol. The van der Waals surface area contributed by atoms with Gasteiger partial charge in [-0.1, -0.05) is 63.6 Å². The molecule has 0 atom stereocenters. The molecule has 0 fully saturated rings. The Kier molecular flexibility index (Phi) is 8.32. The molecule has 1 N–H and O–H groups in total. The number of nitrogens with zero attached hydrogens (tertiary/aromatic N) is 2. The average Bonchev–Trinajstić information content (AvgIpc) is 3.15. The van der Waals surface area contributed by atoms with E-state index in [1.165, 1.54) is 0 Å². The van der Waals surface area contributed by atoms with Gasteiger partial charge in [0.2, 0.25) is 0 Å². The van der Waals surface area contributed by atoms with Crippen molar-refractivity contribution in [1.82, 2.24) is 14.8 Å². The molecule has 1 heterocycles. The fraction of sp³-hybridized carbons (Fsp3) is 0.379. The van der Waals surface area contributed by atoms with Crippen LogP contribution in [0.2, 0.25) is 0 Å². The van der Waals surface area contributed by atoms with Gasteiger partial charge >= 0.3 is 0 Å². The number of carbonyl (C=O) groups excluding carboxylic acids is 2. The van der Waals surface area contributed by atoms with Crippen molar-refractivity contribution in [2.24, 2.45) is 11.8 Å². The molecule has 0 spiro atoms. The largest absolute Gasteiger partial charge is 0.347 e. The SMILES string of the molecule is CCn1cc(/C=C(\NC(=O)c2ccc(C)cc2)C(=O)N(CC(C)C)CC(C)C)c2ccccc21. The second kappa shape index (κ2) is 11.2. The highest BCUT2D eigenvalue weighted by atomic mass is 16.2. The van der Waals surface area contributed by atoms with Crippen molar-refractivity contribution < 1.29 is 9.59 Å². The summed E-state index contributed by atoms with van der Waals surface area (Å²) >= 11 is 0. The predicted molar refractivity (Wildman–Crippen MR) is 140 cm³/mol. The van der Waals surface area contributed by atoms with Crippen LogP contribution in [-0.4, -0.2) is 34.4 Å². The van der Waals surface area contributed by atoms with Gasteiger partial charge in [0.1, 0.15) is 5.70 Å². The Bertz CT molecular complexity index is 1160. The Hall–Kier alpha value is -3.34. The van der Waals surface area contributed by atoms with Crippen molar-refractivity contribution in [2.45, 2.75) is 48.1 Å². The van der Waals surface area contributed by atoms with E-state index in [1.807, 2.05) is 48.4 Å². The second-order valence-corrected chi connectivity index (χ2v) is 9.76. The van der Waals surface area contributed by atoms with Crippen LogP contribution >= 0.6 is 0 Å². The van der Waals surface area contributed by atoms with Crippen LogP contribution in [0.1, 0.15) is 56.1 Å². The van der Waals surface area contributed by atoms with Gasteiger partial charge in [-0.3, -0.25) is 9.59 Å². The number of amides is 2. The van der Waals surface area contributed by atoms with Crippen LogP contribution in [0, 0.1) is 18.8 Å². The zero-order valence-corrected chi connectivity index (χ0v) is 21.3. The molecule has 180 valence electrons. The summed E-state index contributed by atoms with van der Waals surface area (Å²) in [6, 6.07) is 15.5. The van der Waals surface area contributed by atoms with Crippen LogP contribution in [0.4, 0.5) is 0 Å². The number of nitrogens with one attached hydrogen (secondary N) is 1. The Morgan fingerprint density at radius 2 is 1.59 bits per heavy atom. The Balaban J connectivity index is 2.06. The van der Waals surface area contributed by atoms with E-state index < -0.39 is 0 Å². The minimum absolute atomic E-state index is 0.156. The monoisotopic (exact) mass is 459 g/mol. The average molecular weight is 460 g/mol. The van der Waals surface area contributed by atoms with Gasteiger partial charge in [0.25, 0.3) is 11.8 Å². The Labute approximate surface area is 203 Å². The number of para-hydroxylation sites is 1. The Morgan fingerprint density at radius 3 is 2.18 bits per heavy atom. The first-order valence-electron chi connectivity index (χ1n) is 12.2. The highest BCUT2D eigenvalue weighted by Gasteiger charge is 2.23. The topological polar surface area (TPSA) is 54.3 Å². The van der Waals surface area contributed by atoms with Crippen molar-refractivity contribution in [2.75, 3.05) is 13.1 Å². The number of hydrogen-bond acceptors (Lipinski definition) is 2. The van der Waals surface area contributed by atoms with Gasteiger partial charge < -0.3 is 14.8 Å². The van der Waals surface area contributed by atoms with Gasteiger partial charge in [-0.05, 0) is 50.0 Å². The van der Waals surface area contributed by atoms with E-state index >= 15 is 0 Å². The molecule has 2 amide bonds. The van der Waals surface area contributed by atoms with E-state index in [2.05, 4.69) is 56.6 Å². The van der Waals surface area contributed by atoms with Crippen molar-refractivity contribution >= 4 is 28.8 Å². The normalized spacial score (nSPS) is 11.9. The van der Waals surface area contributed by atoms with Crippen molar-refractivity contribution in [3.8, 4) is 0 Å². The van der Waals surface area contributed by atoms with Gasteiger partial charge in [0, 0.05) is 47.9 Å². The number of carbonyl (C=O) groups is 2. The molecule has 0 radical (unpaired) electrons. The molecule has 2 aromatic carbocycles. The first-order chi connectivity index (χ1) is 16.2. The van der Waals surface area contributed by atoms with E-state index in [4.69, 9.17) is 0 Å². The number of hydrogen-bond donors (Lipinski definition) is 1. The highest BCUT2D eigenvalue weighted by Crippen LogP contribution is 2.24. The number of fused-ring (bicyclic) bond motifs is 1. The van der Waals surface area contributed by atoms with E-state index in [9.17, 15) is 9.59 Å². The van der Waals surface area contributed by atoms with Crippen LogP contribution in [-0.2, 0) is 11.3 Å². The van der Waals surface area contributed by atoms with Crippen LogP contribution in [0.3, 0.4) is 0 Å². The van der Waals surface area contributed by atoms with Crippen LogP contribution in [0.5, 0.6) is 0 Å². The summed E-state index contributed by atoms with van der Waals surface area (Å²) in [5.74, 6) is 0.196. The van der Waals surface area contributed by atoms with Crippen molar-refractivity contribution in [1.29, 1.82) is 0 Å². The molecule has 0 aliphatic carbocycles. The third-order valence-corrected chi connectivity index (χ3v) is 5.71. The summed E-state index contributed by atoms with van der Waals surface area (Å²) < 4.78 is 2.16. The third kappa shape index (κ3) is 6.16. The summed E-state index contributed by atoms with van der Waals surface area (Å²) in [6.07, 6.45) is 3.88. The first kappa shape index (κ1) is 25.3. The molecule has 1 aromatic heterocycles. The standard InChI is InChI=1S/C29H37N3O2/c1-7-31-19-24(25-10-8-9-11-27(25)31)16-26(29(34)32(17-20(2)3)18-21(4)5)30-28(33)23-14-12-22(6)13-15-23/h8-16,19-21H,7,17-18H2,1-6H3,(H,30,33)/b26-16-. The molecule has 0 unspecified atom stereocenters. The van der Waals surface area contributed by atoms with E-state index in [0.29, 0.717) is 36.2 Å². The molecule has 3 aromatic rings. The fourth-order valence-electron chi connectivity index (χ4n) is 4.15. The number of benzene rings is 2. The summed E-state index contributed by atoms with van der Waals surface area (Å²) in [6.45, 7) is 14.6. The minimum atomic E-state index is -0.284. The van der Waals surface area contributed by atoms with E-state index in [-0.39, 0.29) is 11.8 Å². The number of aryl methyl sites for hydroxylation is 2. The molecule has 0 saturated carbocycles. The molecule has 0 bridgehead atoms. The molecule has 5 nitrogen and oxygen atoms in total. The summed E-state index contributed by atoms with van der Waals surface area (Å²) in [7, 11) is 0.